The van der Waals surface area contributed by atoms with Gasteiger partial charge in [-0.25, -0.2) is 0 Å². The Kier molecular flexibility index (Phi) is 7.25. The van der Waals surface area contributed by atoms with Crippen LogP contribution in [-0.4, -0.2) is 42.2 Å². The molecule has 0 fully saturated rings. The Hall–Kier alpha value is -1.01. The first-order valence-corrected chi connectivity index (χ1v) is 7.46. The van der Waals surface area contributed by atoms with Crippen LogP contribution in [-0.2, 0) is 4.79 Å². The third kappa shape index (κ3) is 6.52. The second-order valence-electron chi connectivity index (χ2n) is 5.09. The molecular weight excluding hydrogens is 313 g/mol. The van der Waals surface area contributed by atoms with E-state index in [4.69, 9.17) is 28.9 Å². The minimum atomic E-state index is -0.339. The Morgan fingerprint density at radius 1 is 1.43 bits per heavy atom. The number of halogens is 2. The molecular formula is C14H21Cl2N3O2. The summed E-state index contributed by atoms with van der Waals surface area (Å²) in [5.41, 5.74) is 6.51. The van der Waals surface area contributed by atoms with Crippen LogP contribution in [0.5, 0.6) is 0 Å². The molecule has 1 amide bonds. The van der Waals surface area contributed by atoms with Crippen LogP contribution in [0.1, 0.15) is 19.8 Å². The first-order chi connectivity index (χ1) is 9.79. The van der Waals surface area contributed by atoms with Gasteiger partial charge in [0.2, 0.25) is 5.91 Å². The third-order valence-corrected chi connectivity index (χ3v) is 3.52. The van der Waals surface area contributed by atoms with Gasteiger partial charge < -0.3 is 21.1 Å². The van der Waals surface area contributed by atoms with E-state index in [2.05, 4.69) is 5.32 Å². The van der Waals surface area contributed by atoms with Gasteiger partial charge in [0.15, 0.2) is 0 Å². The zero-order chi connectivity index (χ0) is 16.0. The van der Waals surface area contributed by atoms with Crippen LogP contribution < -0.4 is 11.1 Å². The van der Waals surface area contributed by atoms with E-state index in [1.807, 2.05) is 11.9 Å². The Balaban J connectivity index is 2.48. The highest BCUT2D eigenvalue weighted by atomic mass is 35.5. The number of aliphatic hydroxyl groups is 1. The number of anilines is 2. The van der Waals surface area contributed by atoms with Gasteiger partial charge in [-0.1, -0.05) is 23.2 Å². The van der Waals surface area contributed by atoms with E-state index in [0.29, 0.717) is 40.8 Å². The van der Waals surface area contributed by atoms with Crippen molar-refractivity contribution in [3.05, 3.63) is 22.2 Å². The van der Waals surface area contributed by atoms with E-state index in [-0.39, 0.29) is 12.0 Å². The number of hydrogen-bond donors (Lipinski definition) is 3. The number of rotatable bonds is 7. The molecule has 1 rings (SSSR count). The molecule has 5 nitrogen and oxygen atoms in total. The van der Waals surface area contributed by atoms with Crippen LogP contribution in [0.3, 0.4) is 0 Å². The fourth-order valence-electron chi connectivity index (χ4n) is 1.74. The van der Waals surface area contributed by atoms with Gasteiger partial charge in [0.05, 0.1) is 22.5 Å². The number of hydrogen-bond acceptors (Lipinski definition) is 4. The molecule has 1 aromatic carbocycles. The summed E-state index contributed by atoms with van der Waals surface area (Å²) in [5.74, 6) is -0.171. The highest BCUT2D eigenvalue weighted by Gasteiger charge is 2.11. The molecule has 0 aliphatic carbocycles. The van der Waals surface area contributed by atoms with Crippen molar-refractivity contribution in [1.82, 2.24) is 4.90 Å². The SMILES string of the molecule is CC(O)CCN(C)CCC(=O)Nc1c(N)cc(Cl)cc1Cl. The molecule has 0 saturated carbocycles. The first kappa shape index (κ1) is 18.0. The average molecular weight is 334 g/mol. The van der Waals surface area contributed by atoms with Crippen molar-refractivity contribution in [1.29, 1.82) is 0 Å². The van der Waals surface area contributed by atoms with Gasteiger partial charge in [-0.15, -0.1) is 0 Å². The molecule has 0 aliphatic heterocycles. The molecule has 21 heavy (non-hydrogen) atoms. The van der Waals surface area contributed by atoms with Crippen LogP contribution in [0.25, 0.3) is 0 Å². The van der Waals surface area contributed by atoms with Gasteiger partial charge in [-0.05, 0) is 32.5 Å². The zero-order valence-corrected chi connectivity index (χ0v) is 13.7. The monoisotopic (exact) mass is 333 g/mol. The highest BCUT2D eigenvalue weighted by molar-refractivity contribution is 6.37. The quantitative estimate of drug-likeness (QED) is 0.670. The summed E-state index contributed by atoms with van der Waals surface area (Å²) in [7, 11) is 1.90. The minimum Gasteiger partial charge on any atom is -0.397 e. The van der Waals surface area contributed by atoms with Crippen LogP contribution >= 0.6 is 23.2 Å². The van der Waals surface area contributed by atoms with Crippen molar-refractivity contribution < 1.29 is 9.90 Å². The molecule has 118 valence electrons. The molecule has 0 aromatic heterocycles. The number of carbonyl (C=O) groups is 1. The molecule has 1 unspecified atom stereocenters. The lowest BCUT2D eigenvalue weighted by atomic mass is 10.2. The van der Waals surface area contributed by atoms with Crippen LogP contribution in [0.2, 0.25) is 10.0 Å². The topological polar surface area (TPSA) is 78.6 Å². The van der Waals surface area contributed by atoms with Gasteiger partial charge in [-0.3, -0.25) is 4.79 Å². The van der Waals surface area contributed by atoms with Gasteiger partial charge >= 0.3 is 0 Å². The summed E-state index contributed by atoms with van der Waals surface area (Å²) in [5, 5.41) is 12.6. The Morgan fingerprint density at radius 2 is 2.10 bits per heavy atom. The van der Waals surface area contributed by atoms with Crippen molar-refractivity contribution >= 4 is 40.5 Å². The van der Waals surface area contributed by atoms with Gasteiger partial charge in [-0.2, -0.15) is 0 Å². The molecule has 0 aliphatic rings. The number of nitrogens with two attached hydrogens (primary N) is 1. The fourth-order valence-corrected chi connectivity index (χ4v) is 2.30. The van der Waals surface area contributed by atoms with Gasteiger partial charge in [0, 0.05) is 24.5 Å². The maximum atomic E-state index is 11.9. The standard InChI is InChI=1S/C14H21Cl2N3O2/c1-9(20)3-5-19(2)6-4-13(21)18-14-11(16)7-10(15)8-12(14)17/h7-9,20H,3-6,17H2,1-2H3,(H,18,21). The smallest absolute Gasteiger partial charge is 0.225 e. The third-order valence-electron chi connectivity index (χ3n) is 3.00. The number of amides is 1. The number of benzene rings is 1. The van der Waals surface area contributed by atoms with Gasteiger partial charge in [0.1, 0.15) is 0 Å². The Morgan fingerprint density at radius 3 is 2.67 bits per heavy atom. The Bertz CT molecular complexity index is 472. The molecule has 0 heterocycles. The summed E-state index contributed by atoms with van der Waals surface area (Å²) in [4.78, 5) is 13.9. The summed E-state index contributed by atoms with van der Waals surface area (Å²) >= 11 is 11.8. The fraction of sp³-hybridized carbons (Fsp3) is 0.500. The van der Waals surface area contributed by atoms with Crippen molar-refractivity contribution in [3.63, 3.8) is 0 Å². The van der Waals surface area contributed by atoms with E-state index in [0.717, 1.165) is 6.54 Å². The van der Waals surface area contributed by atoms with Crippen LogP contribution in [0, 0.1) is 0 Å². The van der Waals surface area contributed by atoms with Crippen molar-refractivity contribution in [2.45, 2.75) is 25.9 Å². The number of nitrogen functional groups attached to an aromatic ring is 1. The van der Waals surface area contributed by atoms with E-state index in [1.165, 1.54) is 12.1 Å². The summed E-state index contributed by atoms with van der Waals surface area (Å²) in [6, 6.07) is 3.07. The maximum absolute atomic E-state index is 11.9. The number of nitrogens with zero attached hydrogens (tertiary/aromatic N) is 1. The normalized spacial score (nSPS) is 12.5. The van der Waals surface area contributed by atoms with Crippen molar-refractivity contribution in [2.24, 2.45) is 0 Å². The number of nitrogens with one attached hydrogen (secondary N) is 1. The summed E-state index contributed by atoms with van der Waals surface area (Å²) in [6.07, 6.45) is 0.650. The number of carbonyl (C=O) groups excluding carboxylic acids is 1. The average Bonchev–Trinajstić information content (AvgIpc) is 2.38. The highest BCUT2D eigenvalue weighted by Crippen LogP contribution is 2.32. The first-order valence-electron chi connectivity index (χ1n) is 6.70. The molecule has 1 aromatic rings. The zero-order valence-electron chi connectivity index (χ0n) is 12.2. The molecule has 0 radical (unpaired) electrons. The van der Waals surface area contributed by atoms with Gasteiger partial charge in [0.25, 0.3) is 0 Å². The molecule has 4 N–H and O–H groups in total. The lowest BCUT2D eigenvalue weighted by Gasteiger charge is -2.17. The largest absolute Gasteiger partial charge is 0.397 e. The van der Waals surface area contributed by atoms with E-state index in [9.17, 15) is 9.90 Å². The molecule has 0 spiro atoms. The molecule has 0 bridgehead atoms. The molecule has 0 saturated heterocycles. The van der Waals surface area contributed by atoms with Crippen molar-refractivity contribution in [3.8, 4) is 0 Å². The second-order valence-corrected chi connectivity index (χ2v) is 5.93. The summed E-state index contributed by atoms with van der Waals surface area (Å²) in [6.45, 7) is 3.06. The predicted molar refractivity (Wildman–Crippen MR) is 87.9 cm³/mol. The Labute approximate surface area is 135 Å². The number of aliphatic hydroxyl groups excluding tert-OH is 1. The molecule has 1 atom stereocenters. The summed E-state index contributed by atoms with van der Waals surface area (Å²) < 4.78 is 0. The molecule has 7 heteroatoms. The van der Waals surface area contributed by atoms with Crippen molar-refractivity contribution in [2.75, 3.05) is 31.2 Å². The maximum Gasteiger partial charge on any atom is 0.225 e. The lowest BCUT2D eigenvalue weighted by Crippen LogP contribution is -2.27. The van der Waals surface area contributed by atoms with E-state index >= 15 is 0 Å². The second kappa shape index (κ2) is 8.44. The van der Waals surface area contributed by atoms with Crippen LogP contribution in [0.4, 0.5) is 11.4 Å². The van der Waals surface area contributed by atoms with Crippen LogP contribution in [0.15, 0.2) is 12.1 Å². The van der Waals surface area contributed by atoms with E-state index in [1.54, 1.807) is 6.92 Å². The lowest BCUT2D eigenvalue weighted by molar-refractivity contribution is -0.116. The van der Waals surface area contributed by atoms with E-state index < -0.39 is 0 Å². The predicted octanol–water partition coefficient (Wildman–Crippen LogP) is 2.61. The minimum absolute atomic E-state index is 0.171.